The second-order valence-corrected chi connectivity index (χ2v) is 13.8. The molecule has 4 heterocycles. The molecule has 260 valence electrons. The Morgan fingerprint density at radius 3 is 1.66 bits per heavy atom. The van der Waals surface area contributed by atoms with E-state index in [1.165, 1.54) is 0 Å². The van der Waals surface area contributed by atoms with Gasteiger partial charge < -0.3 is 54.7 Å². The summed E-state index contributed by atoms with van der Waals surface area (Å²) >= 11 is 0. The number of nitrogens with one attached hydrogen (secondary N) is 3. The third-order valence-corrected chi connectivity index (χ3v) is 9.09. The van der Waals surface area contributed by atoms with E-state index in [1.807, 2.05) is 57.2 Å². The third kappa shape index (κ3) is 9.64. The minimum absolute atomic E-state index is 0.0275. The van der Waals surface area contributed by atoms with Gasteiger partial charge in [0.05, 0.1) is 13.2 Å². The molecule has 0 saturated carbocycles. The summed E-state index contributed by atoms with van der Waals surface area (Å²) < 4.78 is 27.7. The molecule has 4 aliphatic heterocycles. The van der Waals surface area contributed by atoms with Crippen molar-refractivity contribution in [1.29, 1.82) is 0 Å². The number of hydrogen-bond acceptors (Lipinski definition) is 11. The van der Waals surface area contributed by atoms with Gasteiger partial charge in [-0.3, -0.25) is 0 Å². The number of piperidine rings is 2. The first-order valence-electron chi connectivity index (χ1n) is 16.8. The SMILES string of the molecule is CC(C)(C)OC(=O)N1CCC(CO)(NCc2ccc3c(c2)OCCO3)CC1.OCC1(NCc2ccc3c(c2)OCCO3)CCNCC1. The molecular weight excluding hydrogens is 604 g/mol. The molecule has 0 aliphatic carbocycles. The molecule has 2 aromatic carbocycles. The van der Waals surface area contributed by atoms with Crippen molar-refractivity contribution in [2.45, 2.75) is 76.2 Å². The number of likely N-dealkylation sites (tertiary alicyclic amines) is 1. The molecule has 12 heteroatoms. The number of aliphatic hydroxyl groups excluding tert-OH is 2. The topological polar surface area (TPSA) is 143 Å². The Balaban J connectivity index is 0.000000193. The van der Waals surface area contributed by atoms with Gasteiger partial charge in [0.1, 0.15) is 32.0 Å². The van der Waals surface area contributed by atoms with E-state index in [4.69, 9.17) is 23.7 Å². The summed E-state index contributed by atoms with van der Waals surface area (Å²) in [6, 6.07) is 11.9. The van der Waals surface area contributed by atoms with Crippen LogP contribution in [0.1, 0.15) is 57.6 Å². The van der Waals surface area contributed by atoms with Gasteiger partial charge in [-0.1, -0.05) is 12.1 Å². The van der Waals surface area contributed by atoms with Crippen LogP contribution in [0.3, 0.4) is 0 Å². The van der Waals surface area contributed by atoms with E-state index in [1.54, 1.807) is 4.90 Å². The van der Waals surface area contributed by atoms with Gasteiger partial charge >= 0.3 is 6.09 Å². The lowest BCUT2D eigenvalue weighted by atomic mass is 9.88. The zero-order valence-electron chi connectivity index (χ0n) is 28.1. The van der Waals surface area contributed by atoms with Crippen molar-refractivity contribution in [2.24, 2.45) is 0 Å². The number of benzene rings is 2. The highest BCUT2D eigenvalue weighted by Crippen LogP contribution is 2.32. The molecule has 2 aromatic rings. The maximum absolute atomic E-state index is 12.2. The van der Waals surface area contributed by atoms with E-state index < -0.39 is 11.1 Å². The molecule has 2 saturated heterocycles. The van der Waals surface area contributed by atoms with Crippen molar-refractivity contribution < 1.29 is 38.7 Å². The van der Waals surface area contributed by atoms with Crippen molar-refractivity contribution >= 4 is 6.09 Å². The van der Waals surface area contributed by atoms with Gasteiger partial charge in [0.15, 0.2) is 23.0 Å². The highest BCUT2D eigenvalue weighted by molar-refractivity contribution is 5.68. The van der Waals surface area contributed by atoms with Crippen LogP contribution in [0.15, 0.2) is 36.4 Å². The fourth-order valence-electron chi connectivity index (χ4n) is 6.11. The first-order valence-corrected chi connectivity index (χ1v) is 16.8. The summed E-state index contributed by atoms with van der Waals surface area (Å²) in [6.45, 7) is 12.5. The summed E-state index contributed by atoms with van der Waals surface area (Å²) in [5.74, 6) is 3.17. The van der Waals surface area contributed by atoms with Crippen LogP contribution < -0.4 is 34.9 Å². The number of amides is 1. The van der Waals surface area contributed by atoms with Gasteiger partial charge in [0.25, 0.3) is 0 Å². The number of ether oxygens (including phenoxy) is 5. The van der Waals surface area contributed by atoms with Crippen molar-refractivity contribution in [2.75, 3.05) is 65.8 Å². The molecule has 1 amide bonds. The largest absolute Gasteiger partial charge is 0.486 e. The van der Waals surface area contributed by atoms with Crippen LogP contribution in [-0.2, 0) is 17.8 Å². The normalized spacial score (nSPS) is 19.6. The molecule has 0 atom stereocenters. The molecule has 0 aromatic heterocycles. The Kier molecular flexibility index (Phi) is 11.7. The van der Waals surface area contributed by atoms with Crippen molar-refractivity contribution in [3.05, 3.63) is 47.5 Å². The average molecular weight is 657 g/mol. The minimum Gasteiger partial charge on any atom is -0.486 e. The lowest BCUT2D eigenvalue weighted by Crippen LogP contribution is -2.56. The van der Waals surface area contributed by atoms with E-state index in [2.05, 4.69) is 16.0 Å². The van der Waals surface area contributed by atoms with Crippen molar-refractivity contribution in [3.63, 3.8) is 0 Å². The maximum atomic E-state index is 12.2. The zero-order valence-corrected chi connectivity index (χ0v) is 28.1. The Morgan fingerprint density at radius 1 is 0.766 bits per heavy atom. The number of rotatable bonds is 8. The highest BCUT2D eigenvalue weighted by Gasteiger charge is 2.36. The minimum atomic E-state index is -0.501. The van der Waals surface area contributed by atoms with E-state index in [0.29, 0.717) is 58.9 Å². The average Bonchev–Trinajstić information content (AvgIpc) is 3.10. The monoisotopic (exact) mass is 656 g/mol. The molecule has 5 N–H and O–H groups in total. The Morgan fingerprint density at radius 2 is 1.21 bits per heavy atom. The lowest BCUT2D eigenvalue weighted by Gasteiger charge is -2.41. The summed E-state index contributed by atoms with van der Waals surface area (Å²) in [4.78, 5) is 13.9. The van der Waals surface area contributed by atoms with Crippen molar-refractivity contribution in [1.82, 2.24) is 20.9 Å². The van der Waals surface area contributed by atoms with Gasteiger partial charge in [-0.2, -0.15) is 0 Å². The molecule has 6 rings (SSSR count). The molecule has 47 heavy (non-hydrogen) atoms. The number of carbonyl (C=O) groups is 1. The zero-order chi connectivity index (χ0) is 33.3. The van der Waals surface area contributed by atoms with Crippen LogP contribution in [0.2, 0.25) is 0 Å². The Bertz CT molecular complexity index is 1320. The molecule has 12 nitrogen and oxygen atoms in total. The maximum Gasteiger partial charge on any atom is 0.410 e. The van der Waals surface area contributed by atoms with Crippen LogP contribution in [-0.4, -0.2) is 104 Å². The summed E-state index contributed by atoms with van der Waals surface area (Å²) in [5, 5.41) is 30.0. The summed E-state index contributed by atoms with van der Waals surface area (Å²) in [6.07, 6.45) is 2.96. The molecule has 0 unspecified atom stereocenters. The van der Waals surface area contributed by atoms with Crippen LogP contribution in [0.5, 0.6) is 23.0 Å². The quantitative estimate of drug-likeness (QED) is 0.286. The number of hydrogen-bond donors (Lipinski definition) is 5. The van der Waals surface area contributed by atoms with Crippen LogP contribution in [0.4, 0.5) is 4.79 Å². The van der Waals surface area contributed by atoms with Crippen LogP contribution in [0, 0.1) is 0 Å². The van der Waals surface area contributed by atoms with Crippen LogP contribution in [0.25, 0.3) is 0 Å². The number of nitrogens with zero attached hydrogens (tertiary/aromatic N) is 1. The first-order chi connectivity index (χ1) is 22.6. The molecular formula is C35H52N4O8. The van der Waals surface area contributed by atoms with Gasteiger partial charge in [-0.05, 0) is 94.9 Å². The van der Waals surface area contributed by atoms with Gasteiger partial charge in [-0.15, -0.1) is 0 Å². The summed E-state index contributed by atoms with van der Waals surface area (Å²) in [7, 11) is 0. The smallest absolute Gasteiger partial charge is 0.410 e. The van der Waals surface area contributed by atoms with Gasteiger partial charge in [0.2, 0.25) is 0 Å². The lowest BCUT2D eigenvalue weighted by molar-refractivity contribution is 0.00900. The predicted molar refractivity (Wildman–Crippen MR) is 177 cm³/mol. The highest BCUT2D eigenvalue weighted by atomic mass is 16.6. The van der Waals surface area contributed by atoms with E-state index in [-0.39, 0.29) is 24.8 Å². The first kappa shape index (κ1) is 35.0. The number of aliphatic hydroxyl groups is 2. The molecule has 0 spiro atoms. The Labute approximate surface area is 278 Å². The van der Waals surface area contributed by atoms with Crippen molar-refractivity contribution in [3.8, 4) is 23.0 Å². The van der Waals surface area contributed by atoms with Gasteiger partial charge in [0, 0.05) is 37.3 Å². The third-order valence-electron chi connectivity index (χ3n) is 9.09. The Hall–Kier alpha value is -3.29. The summed E-state index contributed by atoms with van der Waals surface area (Å²) in [5.41, 5.74) is 1.17. The molecule has 0 bridgehead atoms. The molecule has 4 aliphatic rings. The fourth-order valence-corrected chi connectivity index (χ4v) is 6.11. The number of carbonyl (C=O) groups excluding carboxylic acids is 1. The fraction of sp³-hybridized carbons (Fsp3) is 0.629. The van der Waals surface area contributed by atoms with Crippen LogP contribution >= 0.6 is 0 Å². The standard InChI is InChI=1S/C20H30N2O5.C15H22N2O3/c1-19(2,3)27-18(24)22-8-6-20(14-23,7-9-22)21-13-15-4-5-16-17(12-15)26-11-10-25-16;18-11-15(3-5-16-6-4-15)17-10-12-1-2-13-14(9-12)20-8-7-19-13/h4-5,12,21,23H,6-11,13-14H2,1-3H3;1-2,9,16-18H,3-8,10-11H2. The van der Waals surface area contributed by atoms with E-state index in [0.717, 1.165) is 66.6 Å². The molecule has 0 radical (unpaired) electrons. The van der Waals surface area contributed by atoms with E-state index >= 15 is 0 Å². The van der Waals surface area contributed by atoms with Gasteiger partial charge in [-0.25, -0.2) is 4.79 Å². The second-order valence-electron chi connectivity index (χ2n) is 13.8. The predicted octanol–water partition coefficient (Wildman–Crippen LogP) is 2.97. The molecule has 2 fully saturated rings. The number of fused-ring (bicyclic) bond motifs is 2. The van der Waals surface area contributed by atoms with E-state index in [9.17, 15) is 15.0 Å². The second kappa shape index (κ2) is 15.7.